The molecule has 0 aliphatic carbocycles. The Kier molecular flexibility index (Phi) is 3.67. The molecule has 1 aromatic heterocycles. The van der Waals surface area contributed by atoms with Gasteiger partial charge in [0.25, 0.3) is 0 Å². The Labute approximate surface area is 105 Å². The minimum absolute atomic E-state index is 0.105. The maximum Gasteiger partial charge on any atom is 0.320 e. The monoisotopic (exact) mass is 249 g/mol. The molecule has 17 heavy (non-hydrogen) atoms. The molecule has 1 aromatic rings. The Bertz CT molecular complexity index is 472. The molecule has 90 valence electrons. The maximum atomic E-state index is 11.7. The summed E-state index contributed by atoms with van der Waals surface area (Å²) >= 11 is 1.62. The standard InChI is InChI=1S/C12H15N3OS/c1-14-7-8-15(12(14)16)9-11-5-4-10(17-11)3-2-6-13/h4-5H,6-9,13H2,1H3. The first-order valence-corrected chi connectivity index (χ1v) is 6.30. The molecule has 2 N–H and O–H groups in total. The van der Waals surface area contributed by atoms with Crippen LogP contribution in [0.3, 0.4) is 0 Å². The highest BCUT2D eigenvalue weighted by atomic mass is 32.1. The topological polar surface area (TPSA) is 49.6 Å². The highest BCUT2D eigenvalue weighted by molar-refractivity contribution is 7.12. The third-order valence-electron chi connectivity index (χ3n) is 2.62. The highest BCUT2D eigenvalue weighted by Gasteiger charge is 2.25. The van der Waals surface area contributed by atoms with E-state index in [4.69, 9.17) is 5.73 Å². The van der Waals surface area contributed by atoms with Crippen molar-refractivity contribution in [1.82, 2.24) is 9.80 Å². The summed E-state index contributed by atoms with van der Waals surface area (Å²) in [6, 6.07) is 4.11. The van der Waals surface area contributed by atoms with Crippen molar-refractivity contribution in [3.05, 3.63) is 21.9 Å². The van der Waals surface area contributed by atoms with Gasteiger partial charge in [0, 0.05) is 25.0 Å². The van der Waals surface area contributed by atoms with Crippen molar-refractivity contribution >= 4 is 17.4 Å². The van der Waals surface area contributed by atoms with Crippen LogP contribution in [-0.2, 0) is 6.54 Å². The number of nitrogens with two attached hydrogens (primary N) is 1. The first-order valence-electron chi connectivity index (χ1n) is 5.48. The number of urea groups is 1. The number of amides is 2. The summed E-state index contributed by atoms with van der Waals surface area (Å²) in [5.74, 6) is 5.83. The molecule has 0 unspecified atom stereocenters. The summed E-state index contributed by atoms with van der Waals surface area (Å²) in [5, 5.41) is 0. The van der Waals surface area contributed by atoms with E-state index >= 15 is 0 Å². The lowest BCUT2D eigenvalue weighted by Crippen LogP contribution is -2.28. The quantitative estimate of drug-likeness (QED) is 0.793. The fourth-order valence-corrected chi connectivity index (χ4v) is 2.60. The molecule has 0 radical (unpaired) electrons. The van der Waals surface area contributed by atoms with Crippen LogP contribution in [0.2, 0.25) is 0 Å². The Morgan fingerprint density at radius 2 is 2.29 bits per heavy atom. The molecule has 1 fully saturated rings. The van der Waals surface area contributed by atoms with Crippen molar-refractivity contribution in [2.45, 2.75) is 6.54 Å². The minimum atomic E-state index is 0.105. The summed E-state index contributed by atoms with van der Waals surface area (Å²) in [4.78, 5) is 17.5. The van der Waals surface area contributed by atoms with Crippen molar-refractivity contribution in [3.8, 4) is 11.8 Å². The van der Waals surface area contributed by atoms with Crippen molar-refractivity contribution in [2.24, 2.45) is 5.73 Å². The lowest BCUT2D eigenvalue weighted by atomic mass is 10.4. The van der Waals surface area contributed by atoms with E-state index in [0.29, 0.717) is 13.1 Å². The average Bonchev–Trinajstić information content (AvgIpc) is 2.89. The zero-order valence-corrected chi connectivity index (χ0v) is 10.6. The van der Waals surface area contributed by atoms with E-state index < -0.39 is 0 Å². The van der Waals surface area contributed by atoms with Gasteiger partial charge in [0.1, 0.15) is 0 Å². The number of nitrogens with zero attached hydrogens (tertiary/aromatic N) is 2. The zero-order valence-electron chi connectivity index (χ0n) is 9.77. The van der Waals surface area contributed by atoms with Gasteiger partial charge in [0.05, 0.1) is 18.0 Å². The van der Waals surface area contributed by atoms with Gasteiger partial charge in [0.2, 0.25) is 0 Å². The molecule has 5 heteroatoms. The van der Waals surface area contributed by atoms with Gasteiger partial charge in [-0.15, -0.1) is 11.3 Å². The fourth-order valence-electron chi connectivity index (χ4n) is 1.71. The first kappa shape index (κ1) is 12.0. The van der Waals surface area contributed by atoms with Crippen molar-refractivity contribution in [1.29, 1.82) is 0 Å². The van der Waals surface area contributed by atoms with Crippen LogP contribution >= 0.6 is 11.3 Å². The molecular weight excluding hydrogens is 234 g/mol. The number of carbonyl (C=O) groups is 1. The van der Waals surface area contributed by atoms with Crippen LogP contribution in [0.1, 0.15) is 9.75 Å². The predicted molar refractivity (Wildman–Crippen MR) is 68.7 cm³/mol. The normalized spacial score (nSPS) is 15.1. The van der Waals surface area contributed by atoms with Crippen LogP contribution in [0, 0.1) is 11.8 Å². The van der Waals surface area contributed by atoms with Crippen LogP contribution in [0.15, 0.2) is 12.1 Å². The zero-order chi connectivity index (χ0) is 12.3. The van der Waals surface area contributed by atoms with Crippen LogP contribution < -0.4 is 5.73 Å². The molecule has 4 nitrogen and oxygen atoms in total. The van der Waals surface area contributed by atoms with Gasteiger partial charge in [-0.05, 0) is 12.1 Å². The largest absolute Gasteiger partial charge is 0.326 e. The molecule has 0 aromatic carbocycles. The second-order valence-corrected chi connectivity index (χ2v) is 5.07. The van der Waals surface area contributed by atoms with E-state index in [2.05, 4.69) is 11.8 Å². The van der Waals surface area contributed by atoms with Crippen molar-refractivity contribution in [3.63, 3.8) is 0 Å². The van der Waals surface area contributed by atoms with Gasteiger partial charge >= 0.3 is 6.03 Å². The molecule has 2 heterocycles. The summed E-state index contributed by atoms with van der Waals surface area (Å²) in [7, 11) is 1.83. The molecule has 0 atom stereocenters. The van der Waals surface area contributed by atoms with Crippen LogP contribution in [0.5, 0.6) is 0 Å². The maximum absolute atomic E-state index is 11.7. The lowest BCUT2D eigenvalue weighted by molar-refractivity contribution is 0.197. The van der Waals surface area contributed by atoms with Crippen LogP contribution in [0.4, 0.5) is 4.79 Å². The van der Waals surface area contributed by atoms with Crippen molar-refractivity contribution < 1.29 is 4.79 Å². The van der Waals surface area contributed by atoms with E-state index in [1.54, 1.807) is 16.2 Å². The van der Waals surface area contributed by atoms with Gasteiger partial charge in [-0.1, -0.05) is 11.8 Å². The molecule has 2 rings (SSSR count). The molecule has 1 aliphatic heterocycles. The van der Waals surface area contributed by atoms with Gasteiger partial charge in [-0.25, -0.2) is 4.79 Å². The van der Waals surface area contributed by atoms with E-state index in [-0.39, 0.29) is 6.03 Å². The summed E-state index contributed by atoms with van der Waals surface area (Å²) in [5.41, 5.74) is 5.32. The van der Waals surface area contributed by atoms with Crippen molar-refractivity contribution in [2.75, 3.05) is 26.7 Å². The number of hydrogen-bond acceptors (Lipinski definition) is 3. The van der Waals surface area contributed by atoms with Gasteiger partial charge < -0.3 is 15.5 Å². The second-order valence-electron chi connectivity index (χ2n) is 3.90. The molecule has 1 aliphatic rings. The van der Waals surface area contributed by atoms with E-state index in [1.807, 2.05) is 24.1 Å². The molecule has 0 bridgehead atoms. The second kappa shape index (κ2) is 5.21. The Morgan fingerprint density at radius 1 is 1.47 bits per heavy atom. The van der Waals surface area contributed by atoms with Gasteiger partial charge in [-0.2, -0.15) is 0 Å². The molecule has 0 saturated carbocycles. The number of rotatable bonds is 2. The number of thiophene rings is 1. The first-order chi connectivity index (χ1) is 8.20. The van der Waals surface area contributed by atoms with Gasteiger partial charge in [0.15, 0.2) is 0 Å². The van der Waals surface area contributed by atoms with Crippen LogP contribution in [0.25, 0.3) is 0 Å². The van der Waals surface area contributed by atoms with E-state index in [9.17, 15) is 4.79 Å². The molecular formula is C12H15N3OS. The van der Waals surface area contributed by atoms with Gasteiger partial charge in [-0.3, -0.25) is 0 Å². The molecule has 0 spiro atoms. The number of likely N-dealkylation sites (N-methyl/N-ethyl adjacent to an activating group) is 1. The summed E-state index contributed by atoms with van der Waals surface area (Å²) < 4.78 is 0. The SMILES string of the molecule is CN1CCN(Cc2ccc(C#CCN)s2)C1=O. The Hall–Kier alpha value is -1.51. The third kappa shape index (κ3) is 2.78. The highest BCUT2D eigenvalue weighted by Crippen LogP contribution is 2.19. The molecule has 2 amide bonds. The van der Waals surface area contributed by atoms with Crippen LogP contribution in [-0.4, -0.2) is 42.5 Å². The lowest BCUT2D eigenvalue weighted by Gasteiger charge is -2.14. The smallest absolute Gasteiger partial charge is 0.320 e. The van der Waals surface area contributed by atoms with E-state index in [0.717, 1.165) is 22.8 Å². The minimum Gasteiger partial charge on any atom is -0.326 e. The fraction of sp³-hybridized carbons (Fsp3) is 0.417. The average molecular weight is 249 g/mol. The summed E-state index contributed by atoms with van der Waals surface area (Å²) in [6.07, 6.45) is 0. The number of carbonyl (C=O) groups excluding carboxylic acids is 1. The van der Waals surface area contributed by atoms with E-state index in [1.165, 1.54) is 0 Å². The Balaban J connectivity index is 2.00. The molecule has 1 saturated heterocycles. The predicted octanol–water partition coefficient (Wildman–Crippen LogP) is 0.926. The Morgan fingerprint density at radius 3 is 2.94 bits per heavy atom. The number of hydrogen-bond donors (Lipinski definition) is 1. The third-order valence-corrected chi connectivity index (χ3v) is 3.61. The summed E-state index contributed by atoms with van der Waals surface area (Å²) in [6.45, 7) is 2.67.